The first-order chi connectivity index (χ1) is 13.6. The number of carbonyl (C=O) groups is 1. The van der Waals surface area contributed by atoms with Crippen molar-refractivity contribution in [2.75, 3.05) is 22.5 Å². The third-order valence-corrected chi connectivity index (χ3v) is 5.61. The summed E-state index contributed by atoms with van der Waals surface area (Å²) in [5.74, 6) is 0.422. The Morgan fingerprint density at radius 2 is 2.11 bits per heavy atom. The largest absolute Gasteiger partial charge is 0.382 e. The molecule has 1 atom stereocenters. The van der Waals surface area contributed by atoms with Gasteiger partial charge in [-0.05, 0) is 49.9 Å². The van der Waals surface area contributed by atoms with Crippen LogP contribution in [-0.2, 0) is 4.79 Å². The number of para-hydroxylation sites is 1. The molecule has 1 heterocycles. The molecule has 1 unspecified atom stereocenters. The molecular weight excluding hydrogens is 348 g/mol. The van der Waals surface area contributed by atoms with E-state index in [1.54, 1.807) is 0 Å². The molecule has 2 aromatic rings. The first-order valence-corrected chi connectivity index (χ1v) is 10.2. The zero-order valence-electron chi connectivity index (χ0n) is 16.6. The summed E-state index contributed by atoms with van der Waals surface area (Å²) < 4.78 is 0. The fourth-order valence-corrected chi connectivity index (χ4v) is 3.62. The average Bonchev–Trinajstić information content (AvgIpc) is 3.54. The number of amides is 1. The molecule has 0 saturated heterocycles. The lowest BCUT2D eigenvalue weighted by molar-refractivity contribution is -0.115. The molecular formula is C23H28N4O. The first kappa shape index (κ1) is 18.5. The molecule has 1 aliphatic heterocycles. The number of anilines is 3. The highest BCUT2D eigenvalue weighted by molar-refractivity contribution is 6.07. The van der Waals surface area contributed by atoms with Gasteiger partial charge in [0.2, 0.25) is 5.91 Å². The smallest absolute Gasteiger partial charge is 0.226 e. The minimum atomic E-state index is 0.0349. The Hall–Kier alpha value is -2.82. The zero-order valence-corrected chi connectivity index (χ0v) is 16.6. The van der Waals surface area contributed by atoms with Gasteiger partial charge in [-0.1, -0.05) is 25.1 Å². The average molecular weight is 377 g/mol. The predicted octanol–water partition coefficient (Wildman–Crippen LogP) is 5.10. The Labute approximate surface area is 166 Å². The van der Waals surface area contributed by atoms with Crippen molar-refractivity contribution < 1.29 is 4.79 Å². The van der Waals surface area contributed by atoms with Crippen LogP contribution in [0.1, 0.15) is 45.1 Å². The summed E-state index contributed by atoms with van der Waals surface area (Å²) in [6.45, 7) is 4.95. The first-order valence-electron chi connectivity index (χ1n) is 10.2. The van der Waals surface area contributed by atoms with Gasteiger partial charge < -0.3 is 21.4 Å². The molecule has 0 radical (unpaired) electrons. The second-order valence-corrected chi connectivity index (χ2v) is 7.86. The maximum absolute atomic E-state index is 11.9. The van der Waals surface area contributed by atoms with Gasteiger partial charge in [-0.15, -0.1) is 0 Å². The van der Waals surface area contributed by atoms with Crippen molar-refractivity contribution in [2.45, 2.75) is 45.6 Å². The highest BCUT2D eigenvalue weighted by Gasteiger charge is 2.29. The molecule has 0 aromatic heterocycles. The number of carbonyl (C=O) groups excluding carboxylic acids is 1. The molecule has 5 heteroatoms. The molecule has 2 aromatic carbocycles. The Kier molecular flexibility index (Phi) is 5.07. The Morgan fingerprint density at radius 1 is 1.29 bits per heavy atom. The maximum Gasteiger partial charge on any atom is 0.226 e. The standard InChI is InChI=1S/C23H28N4O/c1-3-14(2)26-19-10-9-16(13-18(19)22(24)15-7-8-15)17-5-4-6-20-23(17)25-12-11-21(28)27-20/h4-6,9-10,13-15,24-26H,3,7-8,11-12H2,1-2H3,(H,27,28). The van der Waals surface area contributed by atoms with Crippen molar-refractivity contribution in [3.8, 4) is 11.1 Å². The lowest BCUT2D eigenvalue weighted by atomic mass is 9.95. The molecule has 1 fully saturated rings. The second kappa shape index (κ2) is 7.66. The summed E-state index contributed by atoms with van der Waals surface area (Å²) in [6, 6.07) is 12.7. The van der Waals surface area contributed by atoms with Gasteiger partial charge >= 0.3 is 0 Å². The maximum atomic E-state index is 11.9. The van der Waals surface area contributed by atoms with E-state index in [9.17, 15) is 4.79 Å². The van der Waals surface area contributed by atoms with Crippen LogP contribution in [0.15, 0.2) is 36.4 Å². The number of hydrogen-bond acceptors (Lipinski definition) is 4. The molecule has 2 aliphatic rings. The van der Waals surface area contributed by atoms with Crippen LogP contribution >= 0.6 is 0 Å². The summed E-state index contributed by atoms with van der Waals surface area (Å²) in [6.07, 6.45) is 3.72. The summed E-state index contributed by atoms with van der Waals surface area (Å²) in [7, 11) is 0. The molecule has 5 nitrogen and oxygen atoms in total. The number of rotatable bonds is 6. The van der Waals surface area contributed by atoms with E-state index in [-0.39, 0.29) is 5.91 Å². The number of benzene rings is 2. The molecule has 1 aliphatic carbocycles. The Bertz CT molecular complexity index is 917. The minimum absolute atomic E-state index is 0.0349. The van der Waals surface area contributed by atoms with Crippen LogP contribution in [0.4, 0.5) is 17.1 Å². The summed E-state index contributed by atoms with van der Waals surface area (Å²) in [5.41, 5.74) is 6.67. The van der Waals surface area contributed by atoms with Crippen molar-refractivity contribution in [2.24, 2.45) is 5.92 Å². The van der Waals surface area contributed by atoms with E-state index in [0.29, 0.717) is 24.9 Å². The van der Waals surface area contributed by atoms with Crippen molar-refractivity contribution in [1.29, 1.82) is 5.41 Å². The summed E-state index contributed by atoms with van der Waals surface area (Å²) in [5, 5.41) is 18.6. The molecule has 0 spiro atoms. The predicted molar refractivity (Wildman–Crippen MR) is 117 cm³/mol. The van der Waals surface area contributed by atoms with Crippen LogP contribution in [0.25, 0.3) is 11.1 Å². The number of fused-ring (bicyclic) bond motifs is 1. The molecule has 0 bridgehead atoms. The number of hydrogen-bond donors (Lipinski definition) is 4. The van der Waals surface area contributed by atoms with E-state index in [1.807, 2.05) is 12.1 Å². The van der Waals surface area contributed by atoms with E-state index < -0.39 is 0 Å². The van der Waals surface area contributed by atoms with Gasteiger partial charge in [0.05, 0.1) is 11.4 Å². The third-order valence-electron chi connectivity index (χ3n) is 5.61. The van der Waals surface area contributed by atoms with Crippen LogP contribution in [0, 0.1) is 11.3 Å². The van der Waals surface area contributed by atoms with Gasteiger partial charge in [0, 0.05) is 47.5 Å². The number of nitrogens with one attached hydrogen (secondary N) is 4. The normalized spacial score (nSPS) is 17.0. The van der Waals surface area contributed by atoms with Crippen molar-refractivity contribution in [3.63, 3.8) is 0 Å². The monoisotopic (exact) mass is 376 g/mol. The van der Waals surface area contributed by atoms with E-state index in [2.05, 4.69) is 54.1 Å². The van der Waals surface area contributed by atoms with Crippen molar-refractivity contribution >= 4 is 28.7 Å². The van der Waals surface area contributed by atoms with Gasteiger partial charge in [0.1, 0.15) is 0 Å². The summed E-state index contributed by atoms with van der Waals surface area (Å²) >= 11 is 0. The van der Waals surface area contributed by atoms with Crippen LogP contribution in [0.5, 0.6) is 0 Å². The molecule has 1 amide bonds. The van der Waals surface area contributed by atoms with E-state index >= 15 is 0 Å². The Morgan fingerprint density at radius 3 is 2.86 bits per heavy atom. The van der Waals surface area contributed by atoms with Crippen LogP contribution in [0.3, 0.4) is 0 Å². The topological polar surface area (TPSA) is 77.0 Å². The molecule has 28 heavy (non-hydrogen) atoms. The lowest BCUT2D eigenvalue weighted by Crippen LogP contribution is -2.17. The van der Waals surface area contributed by atoms with Crippen LogP contribution in [-0.4, -0.2) is 24.2 Å². The SMILES string of the molecule is CCC(C)Nc1ccc(-c2cccc3c2NCCC(=O)N3)cc1C(=N)C1CC1. The van der Waals surface area contributed by atoms with Crippen molar-refractivity contribution in [3.05, 3.63) is 42.0 Å². The fraction of sp³-hybridized carbons (Fsp3) is 0.391. The molecule has 4 rings (SSSR count). The van der Waals surface area contributed by atoms with Gasteiger partial charge in [0.25, 0.3) is 0 Å². The third kappa shape index (κ3) is 3.75. The molecule has 1 saturated carbocycles. The van der Waals surface area contributed by atoms with Crippen LogP contribution in [0.2, 0.25) is 0 Å². The highest BCUT2D eigenvalue weighted by Crippen LogP contribution is 2.39. The zero-order chi connectivity index (χ0) is 19.7. The lowest BCUT2D eigenvalue weighted by Gasteiger charge is -2.20. The molecule has 146 valence electrons. The van der Waals surface area contributed by atoms with E-state index in [0.717, 1.165) is 58.7 Å². The van der Waals surface area contributed by atoms with Gasteiger partial charge in [0.15, 0.2) is 0 Å². The van der Waals surface area contributed by atoms with Gasteiger partial charge in [-0.25, -0.2) is 0 Å². The Balaban J connectivity index is 1.76. The van der Waals surface area contributed by atoms with Gasteiger partial charge in [-0.3, -0.25) is 4.79 Å². The second-order valence-electron chi connectivity index (χ2n) is 7.86. The molecule has 4 N–H and O–H groups in total. The quantitative estimate of drug-likeness (QED) is 0.530. The fourth-order valence-electron chi connectivity index (χ4n) is 3.62. The summed E-state index contributed by atoms with van der Waals surface area (Å²) in [4.78, 5) is 11.9. The highest BCUT2D eigenvalue weighted by atomic mass is 16.1. The minimum Gasteiger partial charge on any atom is -0.382 e. The van der Waals surface area contributed by atoms with E-state index in [4.69, 9.17) is 5.41 Å². The van der Waals surface area contributed by atoms with Crippen LogP contribution < -0.4 is 16.0 Å². The van der Waals surface area contributed by atoms with E-state index in [1.165, 1.54) is 0 Å². The van der Waals surface area contributed by atoms with Crippen molar-refractivity contribution in [1.82, 2.24) is 0 Å². The van der Waals surface area contributed by atoms with Gasteiger partial charge in [-0.2, -0.15) is 0 Å².